The second-order valence-corrected chi connectivity index (χ2v) is 11.1. The van der Waals surface area contributed by atoms with E-state index < -0.39 is 17.3 Å². The number of carbonyl (C=O) groups is 1. The van der Waals surface area contributed by atoms with Crippen LogP contribution < -0.4 is 0 Å². The second-order valence-electron chi connectivity index (χ2n) is 3.43. The van der Waals surface area contributed by atoms with Crippen molar-refractivity contribution in [2.45, 2.75) is 8.59 Å². The van der Waals surface area contributed by atoms with Gasteiger partial charge in [0.15, 0.2) is 9.84 Å². The molecule has 16 heavy (non-hydrogen) atoms. The van der Waals surface area contributed by atoms with Crippen LogP contribution in [0.2, 0.25) is 0 Å². The quantitative estimate of drug-likeness (QED) is 0.432. The number of carbonyl (C=O) groups excluding carboxylic acids is 1. The number of benzene rings is 1. The Bertz CT molecular complexity index is 523. The highest BCUT2D eigenvalue weighted by Crippen LogP contribution is 2.36. The first-order valence-electron chi connectivity index (χ1n) is 4.36. The zero-order valence-corrected chi connectivity index (χ0v) is 13.3. The molecule has 0 aromatic heterocycles. The summed E-state index contributed by atoms with van der Waals surface area (Å²) in [5.41, 5.74) is 1.18. The normalized spacial score (nSPS) is 15.5. The molecule has 0 saturated carbocycles. The Morgan fingerprint density at radius 1 is 1.38 bits per heavy atom. The van der Waals surface area contributed by atoms with Gasteiger partial charge in [0.05, 0.1) is 0 Å². The molecule has 0 radical (unpaired) electrons. The molecule has 0 aliphatic carbocycles. The number of hydrogen-bond donors (Lipinski definition) is 0. The molecule has 0 unspecified atom stereocenters. The third kappa shape index (κ3) is 2.65. The smallest absolute Gasteiger partial charge is 0.238 e. The molecule has 6 heteroatoms. The van der Waals surface area contributed by atoms with Crippen molar-refractivity contribution in [3.05, 3.63) is 35.4 Å². The number of sulfone groups is 1. The van der Waals surface area contributed by atoms with E-state index >= 15 is 0 Å². The van der Waals surface area contributed by atoms with Crippen LogP contribution in [0.1, 0.15) is 15.9 Å². The third-order valence-electron chi connectivity index (χ3n) is 2.12. The molecule has 1 aromatic carbocycles. The zero-order chi connectivity index (χ0) is 12.6. The van der Waals surface area contributed by atoms with Gasteiger partial charge in [-0.25, -0.2) is 8.42 Å². The summed E-state index contributed by atoms with van der Waals surface area (Å²) >= 11 is 4.60. The third-order valence-corrected chi connectivity index (χ3v) is 8.25. The molecular formula is C10H10BrIO3S. The molecule has 0 heterocycles. The number of halogens is 2. The van der Waals surface area contributed by atoms with Crippen molar-refractivity contribution in [1.29, 1.82) is 0 Å². The number of Topliss-reactive ketones (excluding diaryl/α,β-unsaturated/α-hetero) is 1. The average Bonchev–Trinajstić information content (AvgIpc) is 2.15. The van der Waals surface area contributed by atoms with Gasteiger partial charge in [0.25, 0.3) is 0 Å². The van der Waals surface area contributed by atoms with E-state index in [4.69, 9.17) is 0 Å². The molecule has 0 amide bonds. The molecule has 0 bridgehead atoms. The van der Waals surface area contributed by atoms with Crippen molar-refractivity contribution >= 4 is 54.1 Å². The number of hydrogen-bond acceptors (Lipinski definition) is 3. The lowest BCUT2D eigenvalue weighted by Crippen LogP contribution is -2.34. The number of aryl methyl sites for hydroxylation is 1. The fraction of sp³-hybridized carbons (Fsp3) is 0.300. The highest BCUT2D eigenvalue weighted by Gasteiger charge is 2.43. The van der Waals surface area contributed by atoms with Crippen LogP contribution in [-0.4, -0.2) is 22.1 Å². The lowest BCUT2D eigenvalue weighted by molar-refractivity contribution is 0.101. The minimum absolute atomic E-state index is 0.416. The molecule has 0 aliphatic heterocycles. The van der Waals surface area contributed by atoms with Crippen LogP contribution in [-0.2, 0) is 9.84 Å². The van der Waals surface area contributed by atoms with Crippen LogP contribution in [0.25, 0.3) is 0 Å². The van der Waals surface area contributed by atoms with Gasteiger partial charge in [-0.1, -0.05) is 24.3 Å². The Balaban J connectivity index is 3.29. The fourth-order valence-corrected chi connectivity index (χ4v) is 2.10. The van der Waals surface area contributed by atoms with Gasteiger partial charge < -0.3 is 0 Å². The molecule has 0 aliphatic rings. The summed E-state index contributed by atoms with van der Waals surface area (Å²) in [6, 6.07) is 6.91. The number of rotatable bonds is 3. The van der Waals surface area contributed by atoms with E-state index in [0.29, 0.717) is 5.56 Å². The van der Waals surface area contributed by atoms with Gasteiger partial charge in [-0.05, 0) is 51.0 Å². The number of alkyl halides is 2. The van der Waals surface area contributed by atoms with E-state index in [-0.39, 0.29) is 0 Å². The van der Waals surface area contributed by atoms with E-state index in [1.807, 2.05) is 0 Å². The lowest BCUT2D eigenvalue weighted by Gasteiger charge is -2.17. The predicted molar refractivity (Wildman–Crippen MR) is 76.0 cm³/mol. The van der Waals surface area contributed by atoms with Crippen molar-refractivity contribution in [3.8, 4) is 0 Å². The van der Waals surface area contributed by atoms with Gasteiger partial charge in [-0.2, -0.15) is 0 Å². The van der Waals surface area contributed by atoms with Crippen LogP contribution in [0.5, 0.6) is 0 Å². The Kier molecular flexibility index (Phi) is 4.18. The Hall–Kier alpha value is 0.0500. The van der Waals surface area contributed by atoms with Gasteiger partial charge in [0.1, 0.15) is 0 Å². The largest absolute Gasteiger partial charge is 0.290 e. The maximum absolute atomic E-state index is 12.1. The molecule has 1 rings (SSSR count). The summed E-state index contributed by atoms with van der Waals surface area (Å²) < 4.78 is 21.4. The summed E-state index contributed by atoms with van der Waals surface area (Å²) in [5.74, 6) is -0.450. The van der Waals surface area contributed by atoms with E-state index in [2.05, 4.69) is 15.9 Å². The minimum Gasteiger partial charge on any atom is -0.290 e. The summed E-state index contributed by atoms with van der Waals surface area (Å²) in [5, 5.41) is 0. The second kappa shape index (κ2) is 4.73. The Morgan fingerprint density at radius 2 is 1.88 bits per heavy atom. The maximum atomic E-state index is 12.1. The molecule has 88 valence electrons. The van der Waals surface area contributed by atoms with Gasteiger partial charge in [-0.15, -0.1) is 0 Å². The van der Waals surface area contributed by atoms with Crippen LogP contribution >= 0.6 is 38.5 Å². The van der Waals surface area contributed by atoms with Gasteiger partial charge in [0, 0.05) is 11.8 Å². The van der Waals surface area contributed by atoms with Crippen LogP contribution in [0.3, 0.4) is 0 Å². The van der Waals surface area contributed by atoms with Crippen molar-refractivity contribution in [2.24, 2.45) is 0 Å². The summed E-state index contributed by atoms with van der Waals surface area (Å²) in [7, 11) is -3.51. The summed E-state index contributed by atoms with van der Waals surface area (Å²) in [6.07, 6.45) is 1.03. The number of ketones is 1. The maximum Gasteiger partial charge on any atom is 0.238 e. The first-order valence-corrected chi connectivity index (χ1v) is 8.12. The summed E-state index contributed by atoms with van der Waals surface area (Å²) in [4.78, 5) is 12.1. The van der Waals surface area contributed by atoms with Crippen molar-refractivity contribution in [2.75, 3.05) is 6.26 Å². The lowest BCUT2D eigenvalue weighted by atomic mass is 10.1. The highest BCUT2D eigenvalue weighted by atomic mass is 127. The van der Waals surface area contributed by atoms with Crippen LogP contribution in [0.15, 0.2) is 24.3 Å². The molecule has 0 spiro atoms. The predicted octanol–water partition coefficient (Wildman–Crippen LogP) is 2.71. The van der Waals surface area contributed by atoms with Gasteiger partial charge in [0.2, 0.25) is 7.45 Å². The van der Waals surface area contributed by atoms with E-state index in [1.165, 1.54) is 0 Å². The van der Waals surface area contributed by atoms with Crippen LogP contribution in [0.4, 0.5) is 0 Å². The Labute approximate surface area is 117 Å². The molecule has 0 saturated heterocycles. The van der Waals surface area contributed by atoms with Gasteiger partial charge in [-0.3, -0.25) is 4.79 Å². The van der Waals surface area contributed by atoms with Crippen molar-refractivity contribution in [3.63, 3.8) is 0 Å². The molecule has 1 atom stereocenters. The molecule has 3 nitrogen and oxygen atoms in total. The van der Waals surface area contributed by atoms with E-state index in [0.717, 1.165) is 11.8 Å². The molecule has 1 aromatic rings. The van der Waals surface area contributed by atoms with Crippen molar-refractivity contribution in [1.82, 2.24) is 0 Å². The van der Waals surface area contributed by atoms with Crippen LogP contribution in [0, 0.1) is 6.92 Å². The zero-order valence-electron chi connectivity index (χ0n) is 8.70. The van der Waals surface area contributed by atoms with E-state index in [9.17, 15) is 13.2 Å². The van der Waals surface area contributed by atoms with E-state index in [1.54, 1.807) is 53.8 Å². The average molecular weight is 417 g/mol. The summed E-state index contributed by atoms with van der Waals surface area (Å²) in [6.45, 7) is 1.77. The molecule has 0 fully saturated rings. The topological polar surface area (TPSA) is 51.2 Å². The molecular weight excluding hydrogens is 407 g/mol. The monoisotopic (exact) mass is 416 g/mol. The molecule has 0 N–H and O–H groups in total. The SMILES string of the molecule is Cc1ccccc1C(=O)[C@@](Br)(I)S(C)(=O)=O. The standard InChI is InChI=1S/C10H10BrIO3S/c1-7-5-3-4-6-8(7)9(13)10(11,12)16(2,14)15/h3-6H,1-2H3/t10-/m1/s1. The fourth-order valence-electron chi connectivity index (χ4n) is 1.15. The van der Waals surface area contributed by atoms with Crippen molar-refractivity contribution < 1.29 is 13.2 Å². The Morgan fingerprint density at radius 3 is 2.31 bits per heavy atom. The first-order chi connectivity index (χ1) is 7.18. The first kappa shape index (κ1) is 14.1. The van der Waals surface area contributed by atoms with Gasteiger partial charge >= 0.3 is 0 Å². The highest BCUT2D eigenvalue weighted by molar-refractivity contribution is 14.1. The minimum atomic E-state index is -3.51.